The number of hydrogen-bond donors (Lipinski definition) is 1. The average Bonchev–Trinajstić information content (AvgIpc) is 2.64. The number of rotatable bonds is 8. The third kappa shape index (κ3) is 5.55. The van der Waals surface area contributed by atoms with E-state index in [0.717, 1.165) is 0 Å². The molecular formula is C17H15FN2O6. The highest BCUT2D eigenvalue weighted by molar-refractivity contribution is 5.80. The number of nitrogens with zero attached hydrogens (tertiary/aromatic N) is 1. The maximum atomic E-state index is 13.4. The summed E-state index contributed by atoms with van der Waals surface area (Å²) in [5.41, 5.74) is 0.00910. The number of ether oxygens (including phenoxy) is 2. The van der Waals surface area contributed by atoms with Gasteiger partial charge in [0.05, 0.1) is 4.92 Å². The molecule has 0 radical (unpaired) electrons. The van der Waals surface area contributed by atoms with Gasteiger partial charge in [0.25, 0.3) is 5.91 Å². The highest BCUT2D eigenvalue weighted by Crippen LogP contribution is 2.25. The summed E-state index contributed by atoms with van der Waals surface area (Å²) >= 11 is 0. The summed E-state index contributed by atoms with van der Waals surface area (Å²) < 4.78 is 23.1. The van der Waals surface area contributed by atoms with Gasteiger partial charge in [0.2, 0.25) is 0 Å². The number of benzene rings is 2. The fourth-order valence-corrected chi connectivity index (χ4v) is 1.94. The van der Waals surface area contributed by atoms with Crippen LogP contribution in [0.1, 0.15) is 5.56 Å². The summed E-state index contributed by atoms with van der Waals surface area (Å²) in [5, 5.41) is 13.2. The second-order valence-corrected chi connectivity index (χ2v) is 5.04. The van der Waals surface area contributed by atoms with Crippen molar-refractivity contribution in [3.8, 4) is 5.75 Å². The lowest BCUT2D eigenvalue weighted by atomic mass is 10.2. The van der Waals surface area contributed by atoms with Crippen molar-refractivity contribution in [2.45, 2.75) is 6.54 Å². The van der Waals surface area contributed by atoms with Gasteiger partial charge >= 0.3 is 11.7 Å². The summed E-state index contributed by atoms with van der Waals surface area (Å²) in [7, 11) is 0. The molecule has 1 N–H and O–H groups in total. The second-order valence-electron chi connectivity index (χ2n) is 5.04. The van der Waals surface area contributed by atoms with Crippen molar-refractivity contribution in [1.29, 1.82) is 0 Å². The van der Waals surface area contributed by atoms with Crippen LogP contribution in [0.4, 0.5) is 10.1 Å². The Balaban J connectivity index is 1.74. The number of carbonyl (C=O) groups excluding carboxylic acids is 2. The molecule has 0 fully saturated rings. The molecule has 0 bridgehead atoms. The van der Waals surface area contributed by atoms with Crippen molar-refractivity contribution < 1.29 is 28.4 Å². The number of hydrogen-bond acceptors (Lipinski definition) is 6. The molecule has 0 aromatic heterocycles. The third-order valence-corrected chi connectivity index (χ3v) is 3.21. The minimum atomic E-state index is -0.871. The van der Waals surface area contributed by atoms with Crippen LogP contribution in [0.2, 0.25) is 0 Å². The summed E-state index contributed by atoms with van der Waals surface area (Å²) in [6, 6.07) is 11.5. The quantitative estimate of drug-likeness (QED) is 0.437. The molecule has 0 saturated heterocycles. The Morgan fingerprint density at radius 2 is 1.77 bits per heavy atom. The first kappa shape index (κ1) is 18.8. The Labute approximate surface area is 147 Å². The van der Waals surface area contributed by atoms with Gasteiger partial charge in [0, 0.05) is 18.2 Å². The van der Waals surface area contributed by atoms with Gasteiger partial charge < -0.3 is 14.8 Å². The largest absolute Gasteiger partial charge is 0.475 e. The number of carbonyl (C=O) groups is 2. The molecule has 26 heavy (non-hydrogen) atoms. The van der Waals surface area contributed by atoms with Crippen molar-refractivity contribution in [2.75, 3.05) is 13.2 Å². The van der Waals surface area contributed by atoms with Crippen LogP contribution in [-0.4, -0.2) is 30.0 Å². The summed E-state index contributed by atoms with van der Waals surface area (Å²) in [5.74, 6) is -2.03. The van der Waals surface area contributed by atoms with Crippen molar-refractivity contribution in [2.24, 2.45) is 0 Å². The highest BCUT2D eigenvalue weighted by Gasteiger charge is 2.16. The molecule has 0 unspecified atom stereocenters. The lowest BCUT2D eigenvalue weighted by Crippen LogP contribution is -2.29. The van der Waals surface area contributed by atoms with E-state index in [9.17, 15) is 24.1 Å². The molecule has 0 aliphatic heterocycles. The van der Waals surface area contributed by atoms with E-state index in [1.165, 1.54) is 42.5 Å². The molecule has 0 atom stereocenters. The second kappa shape index (κ2) is 9.11. The van der Waals surface area contributed by atoms with E-state index in [4.69, 9.17) is 9.47 Å². The molecule has 2 aromatic rings. The predicted molar refractivity (Wildman–Crippen MR) is 87.8 cm³/mol. The number of amides is 1. The molecule has 0 aliphatic rings. The first-order valence-corrected chi connectivity index (χ1v) is 7.49. The van der Waals surface area contributed by atoms with Gasteiger partial charge in [-0.3, -0.25) is 14.9 Å². The number of nitro groups is 1. The van der Waals surface area contributed by atoms with Gasteiger partial charge in [-0.05, 0) is 12.1 Å². The van der Waals surface area contributed by atoms with Crippen LogP contribution in [0.25, 0.3) is 0 Å². The van der Waals surface area contributed by atoms with Crippen LogP contribution in [0.5, 0.6) is 5.75 Å². The number of halogens is 1. The van der Waals surface area contributed by atoms with E-state index in [1.54, 1.807) is 6.07 Å². The summed E-state index contributed by atoms with van der Waals surface area (Å²) in [6.07, 6.45) is 0. The summed E-state index contributed by atoms with van der Waals surface area (Å²) in [4.78, 5) is 33.4. The van der Waals surface area contributed by atoms with Crippen LogP contribution in [0.3, 0.4) is 0 Å². The van der Waals surface area contributed by atoms with Gasteiger partial charge in [-0.1, -0.05) is 30.3 Å². The lowest BCUT2D eigenvalue weighted by molar-refractivity contribution is -0.385. The Morgan fingerprint density at radius 1 is 1.08 bits per heavy atom. The van der Waals surface area contributed by atoms with E-state index in [-0.39, 0.29) is 18.0 Å². The Bertz CT molecular complexity index is 811. The number of nitrogens with one attached hydrogen (secondary N) is 1. The van der Waals surface area contributed by atoms with Crippen molar-refractivity contribution in [3.05, 3.63) is 70.0 Å². The van der Waals surface area contributed by atoms with Crippen molar-refractivity contribution >= 4 is 17.6 Å². The smallest absolute Gasteiger partial charge is 0.344 e. The van der Waals surface area contributed by atoms with Crippen LogP contribution in [0.15, 0.2) is 48.5 Å². The van der Waals surface area contributed by atoms with E-state index in [2.05, 4.69) is 5.32 Å². The monoisotopic (exact) mass is 362 g/mol. The van der Waals surface area contributed by atoms with Crippen LogP contribution in [-0.2, 0) is 20.9 Å². The molecule has 0 heterocycles. The minimum Gasteiger partial charge on any atom is -0.475 e. The molecular weight excluding hydrogens is 347 g/mol. The Kier molecular flexibility index (Phi) is 6.60. The molecule has 9 heteroatoms. The summed E-state index contributed by atoms with van der Waals surface area (Å²) in [6.45, 7) is -1.21. The van der Waals surface area contributed by atoms with Crippen molar-refractivity contribution in [1.82, 2.24) is 5.32 Å². The zero-order chi connectivity index (χ0) is 18.9. The first-order chi connectivity index (χ1) is 12.5. The highest BCUT2D eigenvalue weighted by atomic mass is 19.1. The first-order valence-electron chi connectivity index (χ1n) is 7.49. The van der Waals surface area contributed by atoms with Gasteiger partial charge in [0.15, 0.2) is 19.0 Å². The molecule has 0 saturated carbocycles. The number of nitro benzene ring substituents is 1. The van der Waals surface area contributed by atoms with Crippen LogP contribution in [0, 0.1) is 15.9 Å². The topological polar surface area (TPSA) is 108 Å². The maximum absolute atomic E-state index is 13.4. The van der Waals surface area contributed by atoms with Crippen LogP contribution >= 0.6 is 0 Å². The fourth-order valence-electron chi connectivity index (χ4n) is 1.94. The van der Waals surface area contributed by atoms with Gasteiger partial charge in [-0.2, -0.15) is 0 Å². The van der Waals surface area contributed by atoms with E-state index < -0.39 is 35.8 Å². The lowest BCUT2D eigenvalue weighted by Gasteiger charge is -2.08. The normalized spacial score (nSPS) is 10.0. The third-order valence-electron chi connectivity index (χ3n) is 3.21. The molecule has 0 aliphatic carbocycles. The molecule has 8 nitrogen and oxygen atoms in total. The molecule has 1 amide bonds. The SMILES string of the molecule is O=C(COC(=O)COc1ccccc1[N+](=O)[O-])NCc1ccccc1F. The minimum absolute atomic E-state index is 0.0459. The molecule has 2 aromatic carbocycles. The van der Waals surface area contributed by atoms with E-state index in [0.29, 0.717) is 5.56 Å². The zero-order valence-corrected chi connectivity index (χ0v) is 13.5. The Hall–Kier alpha value is -3.49. The van der Waals surface area contributed by atoms with Gasteiger partial charge in [-0.25, -0.2) is 9.18 Å². The maximum Gasteiger partial charge on any atom is 0.344 e. The number of esters is 1. The average molecular weight is 362 g/mol. The molecule has 136 valence electrons. The standard InChI is InChI=1S/C17H15FN2O6/c18-13-6-2-1-5-12(13)9-19-16(21)10-26-17(22)11-25-15-8-4-3-7-14(15)20(23)24/h1-8H,9-11H2,(H,19,21). The van der Waals surface area contributed by atoms with Crippen molar-refractivity contribution in [3.63, 3.8) is 0 Å². The fraction of sp³-hybridized carbons (Fsp3) is 0.176. The van der Waals surface area contributed by atoms with E-state index in [1.807, 2.05) is 0 Å². The van der Waals surface area contributed by atoms with Crippen LogP contribution < -0.4 is 10.1 Å². The number of para-hydroxylation sites is 2. The zero-order valence-electron chi connectivity index (χ0n) is 13.5. The van der Waals surface area contributed by atoms with E-state index >= 15 is 0 Å². The molecule has 0 spiro atoms. The predicted octanol–water partition coefficient (Wildman–Crippen LogP) is 1.97. The Morgan fingerprint density at radius 3 is 2.50 bits per heavy atom. The van der Waals surface area contributed by atoms with Gasteiger partial charge in [-0.15, -0.1) is 0 Å². The van der Waals surface area contributed by atoms with Gasteiger partial charge in [0.1, 0.15) is 5.82 Å². The molecule has 2 rings (SSSR count).